The molecule has 13 nitrogen and oxygen atoms in total. The number of rotatable bonds is 7. The number of thiazole rings is 1. The van der Waals surface area contributed by atoms with Gasteiger partial charge >= 0.3 is 0 Å². The molecular formula is C13H15N5O8S2-2. The van der Waals surface area contributed by atoms with Gasteiger partial charge in [0.2, 0.25) is 0 Å². The Hall–Kier alpha value is -2.78. The smallest absolute Gasteiger partial charge is 0.276 e. The predicted octanol–water partition coefficient (Wildman–Crippen LogP) is -2.85. The molecule has 1 unspecified atom stereocenters. The van der Waals surface area contributed by atoms with Crippen LogP contribution >= 0.6 is 11.3 Å². The normalized spacial score (nSPS) is 20.5. The fourth-order valence-corrected chi connectivity index (χ4v) is 3.51. The van der Waals surface area contributed by atoms with Crippen molar-refractivity contribution in [3.05, 3.63) is 11.1 Å². The van der Waals surface area contributed by atoms with Gasteiger partial charge in [-0.25, -0.2) is 17.7 Å². The van der Waals surface area contributed by atoms with Crippen molar-refractivity contribution < 1.29 is 37.3 Å². The van der Waals surface area contributed by atoms with E-state index in [1.165, 1.54) is 12.3 Å². The number of nitrogens with zero attached hydrogens (tertiary/aromatic N) is 3. The van der Waals surface area contributed by atoms with Gasteiger partial charge < -0.3 is 30.3 Å². The summed E-state index contributed by atoms with van der Waals surface area (Å²) in [6.07, 6.45) is 0. The van der Waals surface area contributed by atoms with Gasteiger partial charge in [-0.05, 0) is 20.8 Å². The third kappa shape index (κ3) is 4.20. The van der Waals surface area contributed by atoms with E-state index < -0.39 is 51.5 Å². The molecule has 2 heterocycles. The highest BCUT2D eigenvalue weighted by Gasteiger charge is 2.49. The zero-order valence-electron chi connectivity index (χ0n) is 14.7. The number of nitrogens with two attached hydrogens (primary N) is 1. The Balaban J connectivity index is 2.26. The first kappa shape index (κ1) is 21.5. The number of carbonyl (C=O) groups is 3. The van der Waals surface area contributed by atoms with E-state index >= 15 is 0 Å². The minimum atomic E-state index is -5.01. The van der Waals surface area contributed by atoms with Crippen LogP contribution in [0.5, 0.6) is 0 Å². The molecule has 2 amide bonds. The van der Waals surface area contributed by atoms with Crippen LogP contribution in [-0.4, -0.2) is 63.4 Å². The van der Waals surface area contributed by atoms with Gasteiger partial charge in [-0.2, -0.15) is 0 Å². The van der Waals surface area contributed by atoms with Crippen molar-refractivity contribution in [2.45, 2.75) is 38.5 Å². The molecule has 1 aliphatic heterocycles. The average molecular weight is 433 g/mol. The van der Waals surface area contributed by atoms with E-state index in [-0.39, 0.29) is 15.1 Å². The summed E-state index contributed by atoms with van der Waals surface area (Å²) in [5.74, 6) is -3.75. The lowest BCUT2D eigenvalue weighted by molar-refractivity contribution is -0.325. The number of amides is 2. The van der Waals surface area contributed by atoms with Gasteiger partial charge in [0.15, 0.2) is 26.7 Å². The van der Waals surface area contributed by atoms with Crippen molar-refractivity contribution in [1.29, 1.82) is 0 Å². The molecule has 0 saturated carbocycles. The molecular weight excluding hydrogens is 418 g/mol. The molecule has 2 rings (SSSR count). The number of hydrogen-bond donors (Lipinski definition) is 2. The number of carboxylic acids is 1. The highest BCUT2D eigenvalue weighted by atomic mass is 32.2. The summed E-state index contributed by atoms with van der Waals surface area (Å²) in [5, 5.41) is 18.1. The molecule has 0 aromatic carbocycles. The van der Waals surface area contributed by atoms with Gasteiger partial charge in [0, 0.05) is 5.38 Å². The Morgan fingerprint density at radius 1 is 1.46 bits per heavy atom. The van der Waals surface area contributed by atoms with Gasteiger partial charge in [0.05, 0.1) is 12.0 Å². The molecule has 28 heavy (non-hydrogen) atoms. The van der Waals surface area contributed by atoms with Crippen LogP contribution < -0.4 is 16.2 Å². The summed E-state index contributed by atoms with van der Waals surface area (Å²) in [4.78, 5) is 44.1. The van der Waals surface area contributed by atoms with Crippen LogP contribution in [0.15, 0.2) is 10.5 Å². The zero-order chi connectivity index (χ0) is 21.4. The lowest BCUT2D eigenvalue weighted by atomic mass is 10.0. The van der Waals surface area contributed by atoms with Crippen LogP contribution in [0.3, 0.4) is 0 Å². The number of nitrogen functional groups attached to an aromatic ring is 1. The molecule has 0 radical (unpaired) electrons. The van der Waals surface area contributed by atoms with E-state index in [0.717, 1.165) is 25.2 Å². The van der Waals surface area contributed by atoms with Gasteiger partial charge in [-0.1, -0.05) is 5.16 Å². The molecule has 1 aromatic rings. The number of aliphatic carboxylic acids is 1. The maximum atomic E-state index is 12.5. The first-order valence-corrected chi connectivity index (χ1v) is 9.79. The fourth-order valence-electron chi connectivity index (χ4n) is 2.10. The van der Waals surface area contributed by atoms with Crippen molar-refractivity contribution >= 4 is 50.3 Å². The molecule has 0 spiro atoms. The van der Waals surface area contributed by atoms with Gasteiger partial charge in [-0.3, -0.25) is 9.59 Å². The predicted molar refractivity (Wildman–Crippen MR) is 91.2 cm³/mol. The minimum absolute atomic E-state index is 0.0677. The van der Waals surface area contributed by atoms with E-state index in [0.29, 0.717) is 0 Å². The van der Waals surface area contributed by atoms with Crippen LogP contribution in [-0.2, 0) is 29.5 Å². The zero-order valence-corrected chi connectivity index (χ0v) is 16.4. The molecule has 15 heteroatoms. The maximum Gasteiger partial charge on any atom is 0.276 e. The SMILES string of the molecule is C[C@H]1C(NC(=O)/C(=N/OC(C)(C)C(=O)[O-])c2csc(N)n2)C(=O)N1S(=O)(=O)[O-]. The van der Waals surface area contributed by atoms with Crippen molar-refractivity contribution in [3.63, 3.8) is 0 Å². The summed E-state index contributed by atoms with van der Waals surface area (Å²) >= 11 is 0.959. The van der Waals surface area contributed by atoms with Crippen molar-refractivity contribution in [2.75, 3.05) is 5.73 Å². The average Bonchev–Trinajstić information content (AvgIpc) is 2.97. The largest absolute Gasteiger partial charge is 0.731 e. The summed E-state index contributed by atoms with van der Waals surface area (Å²) in [5.41, 5.74) is 3.04. The molecule has 0 bridgehead atoms. The van der Waals surface area contributed by atoms with Crippen LogP contribution in [0, 0.1) is 0 Å². The first-order valence-electron chi connectivity index (χ1n) is 7.54. The molecule has 2 atom stereocenters. The molecule has 154 valence electrons. The Bertz CT molecular complexity index is 954. The summed E-state index contributed by atoms with van der Waals surface area (Å²) in [7, 11) is -5.01. The first-order chi connectivity index (χ1) is 12.8. The Labute approximate surface area is 163 Å². The second-order valence-corrected chi connectivity index (χ2v) is 8.32. The summed E-state index contributed by atoms with van der Waals surface area (Å²) in [6.45, 7) is 3.51. The van der Waals surface area contributed by atoms with Gasteiger partial charge in [-0.15, -0.1) is 11.3 Å². The van der Waals surface area contributed by atoms with Crippen LogP contribution in [0.4, 0.5) is 5.13 Å². The Morgan fingerprint density at radius 2 is 2.07 bits per heavy atom. The molecule has 1 fully saturated rings. The lowest BCUT2D eigenvalue weighted by Crippen LogP contribution is -2.71. The van der Waals surface area contributed by atoms with Gasteiger partial charge in [0.1, 0.15) is 11.7 Å². The van der Waals surface area contributed by atoms with Crippen molar-refractivity contribution in [2.24, 2.45) is 5.16 Å². The fraction of sp³-hybridized carbons (Fsp3) is 0.462. The van der Waals surface area contributed by atoms with Crippen LogP contribution in [0.25, 0.3) is 0 Å². The second kappa shape index (κ2) is 7.33. The van der Waals surface area contributed by atoms with Crippen LogP contribution in [0.2, 0.25) is 0 Å². The maximum absolute atomic E-state index is 12.5. The number of β-lactam (4-membered cyclic amide) rings is 1. The quantitative estimate of drug-likeness (QED) is 0.195. The van der Waals surface area contributed by atoms with Crippen LogP contribution in [0.1, 0.15) is 26.5 Å². The number of anilines is 1. The number of aromatic nitrogens is 1. The third-order valence-corrected chi connectivity index (χ3v) is 5.37. The number of carbonyl (C=O) groups excluding carboxylic acids is 3. The minimum Gasteiger partial charge on any atom is -0.731 e. The molecule has 0 aliphatic carbocycles. The van der Waals surface area contributed by atoms with Crippen molar-refractivity contribution in [1.82, 2.24) is 14.6 Å². The van der Waals surface area contributed by atoms with Crippen molar-refractivity contribution in [3.8, 4) is 0 Å². The Kier molecular flexibility index (Phi) is 5.63. The van der Waals surface area contributed by atoms with E-state index in [2.05, 4.69) is 15.5 Å². The Morgan fingerprint density at radius 3 is 2.50 bits per heavy atom. The monoisotopic (exact) mass is 433 g/mol. The molecule has 1 saturated heterocycles. The molecule has 1 aromatic heterocycles. The number of nitrogens with one attached hydrogen (secondary N) is 1. The topological polar surface area (TPSA) is 207 Å². The number of carboxylic acid groups (broad SMARTS) is 1. The highest BCUT2D eigenvalue weighted by Crippen LogP contribution is 2.23. The second-order valence-electron chi connectivity index (χ2n) is 6.18. The summed E-state index contributed by atoms with van der Waals surface area (Å²) < 4.78 is 33.1. The number of hydrogen-bond acceptors (Lipinski definition) is 12. The molecule has 1 aliphatic rings. The number of oxime groups is 1. The van der Waals surface area contributed by atoms with E-state index in [1.54, 1.807) is 0 Å². The van der Waals surface area contributed by atoms with E-state index in [4.69, 9.17) is 10.6 Å². The highest BCUT2D eigenvalue weighted by molar-refractivity contribution is 7.84. The molecule has 3 N–H and O–H groups in total. The standard InChI is InChI=1S/C13H17N5O8S2/c1-5-7(10(20)18(5)28(23,24)25)16-9(19)8(6-4-27-12(14)15-6)17-26-13(2,3)11(21)22/h4-5,7H,1-3H3,(H2,14,15)(H,16,19)(H,21,22)(H,23,24,25)/p-2/b17-8+/t5-,7?/m0/s1. The van der Waals surface area contributed by atoms with E-state index in [9.17, 15) is 32.5 Å². The lowest BCUT2D eigenvalue weighted by Gasteiger charge is -2.45. The van der Waals surface area contributed by atoms with Gasteiger partial charge in [0.25, 0.3) is 11.8 Å². The summed E-state index contributed by atoms with van der Waals surface area (Å²) in [6, 6.07) is -2.44. The van der Waals surface area contributed by atoms with E-state index in [1.807, 2.05) is 0 Å². The third-order valence-electron chi connectivity index (χ3n) is 3.70.